The molecular weight excluding hydrogens is 333 g/mol. The molecule has 3 rings (SSSR count). The van der Waals surface area contributed by atoms with Crippen molar-refractivity contribution < 1.29 is 4.39 Å². The SMILES string of the molecule is CN=c1scc(-c2ccc(F)cc2)n1/N=C\c1ccc(Cl)cc1. The molecule has 0 unspecified atom stereocenters. The van der Waals surface area contributed by atoms with Gasteiger partial charge in [0, 0.05) is 23.0 Å². The van der Waals surface area contributed by atoms with E-state index in [-0.39, 0.29) is 5.82 Å². The van der Waals surface area contributed by atoms with E-state index in [1.54, 1.807) is 30.1 Å². The molecule has 0 aliphatic rings. The van der Waals surface area contributed by atoms with Crippen LogP contribution in [-0.4, -0.2) is 17.9 Å². The van der Waals surface area contributed by atoms with Crippen molar-refractivity contribution >= 4 is 29.2 Å². The second-order valence-corrected chi connectivity index (χ2v) is 6.01. The van der Waals surface area contributed by atoms with Crippen molar-refractivity contribution in [3.8, 4) is 11.3 Å². The number of aromatic nitrogens is 1. The largest absolute Gasteiger partial charge is 0.261 e. The molecule has 3 nitrogen and oxygen atoms in total. The third-order valence-corrected chi connectivity index (χ3v) is 4.37. The molecule has 0 amide bonds. The molecule has 0 aliphatic carbocycles. The predicted molar refractivity (Wildman–Crippen MR) is 93.6 cm³/mol. The fraction of sp³-hybridized carbons (Fsp3) is 0.0588. The van der Waals surface area contributed by atoms with E-state index in [0.29, 0.717) is 5.02 Å². The van der Waals surface area contributed by atoms with Gasteiger partial charge in [0.15, 0.2) is 0 Å². The second-order valence-electron chi connectivity index (χ2n) is 4.74. The van der Waals surface area contributed by atoms with Crippen LogP contribution < -0.4 is 4.80 Å². The molecular formula is C17H13ClFN3S. The third-order valence-electron chi connectivity index (χ3n) is 3.21. The minimum atomic E-state index is -0.263. The molecule has 0 saturated heterocycles. The lowest BCUT2D eigenvalue weighted by molar-refractivity contribution is 0.628. The van der Waals surface area contributed by atoms with Gasteiger partial charge in [-0.2, -0.15) is 5.10 Å². The molecule has 0 spiro atoms. The second kappa shape index (κ2) is 6.89. The molecule has 0 aliphatic heterocycles. The van der Waals surface area contributed by atoms with Crippen LogP contribution in [0.15, 0.2) is 64.0 Å². The normalized spacial score (nSPS) is 12.2. The van der Waals surface area contributed by atoms with Crippen LogP contribution in [0.1, 0.15) is 5.56 Å². The lowest BCUT2D eigenvalue weighted by Crippen LogP contribution is -2.11. The molecule has 0 radical (unpaired) electrons. The van der Waals surface area contributed by atoms with Crippen LogP contribution >= 0.6 is 22.9 Å². The fourth-order valence-corrected chi connectivity index (χ4v) is 2.98. The number of thiazole rings is 1. The van der Waals surface area contributed by atoms with Crippen LogP contribution in [0.25, 0.3) is 11.3 Å². The monoisotopic (exact) mass is 345 g/mol. The summed E-state index contributed by atoms with van der Waals surface area (Å²) in [5.74, 6) is -0.263. The molecule has 0 N–H and O–H groups in total. The average Bonchev–Trinajstić information content (AvgIpc) is 2.98. The van der Waals surface area contributed by atoms with Crippen LogP contribution in [0.5, 0.6) is 0 Å². The Balaban J connectivity index is 2.02. The summed E-state index contributed by atoms with van der Waals surface area (Å²) in [4.78, 5) is 4.99. The Bertz CT molecular complexity index is 893. The minimum Gasteiger partial charge on any atom is -0.261 e. The number of hydrogen-bond donors (Lipinski definition) is 0. The molecule has 0 bridgehead atoms. The third kappa shape index (κ3) is 3.57. The van der Waals surface area contributed by atoms with Gasteiger partial charge in [-0.15, -0.1) is 11.3 Å². The van der Waals surface area contributed by atoms with Gasteiger partial charge < -0.3 is 0 Å². The number of nitrogens with zero attached hydrogens (tertiary/aromatic N) is 3. The molecule has 116 valence electrons. The molecule has 6 heteroatoms. The Morgan fingerprint density at radius 2 is 1.78 bits per heavy atom. The maximum absolute atomic E-state index is 13.1. The highest BCUT2D eigenvalue weighted by Crippen LogP contribution is 2.20. The fourth-order valence-electron chi connectivity index (χ4n) is 2.05. The van der Waals surface area contributed by atoms with E-state index in [4.69, 9.17) is 11.6 Å². The van der Waals surface area contributed by atoms with Crippen LogP contribution in [0.4, 0.5) is 4.39 Å². The Morgan fingerprint density at radius 1 is 1.09 bits per heavy atom. The van der Waals surface area contributed by atoms with E-state index in [1.807, 2.05) is 29.6 Å². The molecule has 23 heavy (non-hydrogen) atoms. The van der Waals surface area contributed by atoms with Gasteiger partial charge in [0.1, 0.15) is 5.82 Å². The number of hydrogen-bond acceptors (Lipinski definition) is 3. The number of rotatable bonds is 3. The van der Waals surface area contributed by atoms with Crippen LogP contribution in [0.2, 0.25) is 5.02 Å². The zero-order valence-corrected chi connectivity index (χ0v) is 13.9. The van der Waals surface area contributed by atoms with Crippen LogP contribution in [0.3, 0.4) is 0 Å². The average molecular weight is 346 g/mol. The van der Waals surface area contributed by atoms with Gasteiger partial charge in [0.25, 0.3) is 0 Å². The summed E-state index contributed by atoms with van der Waals surface area (Å²) in [6, 6.07) is 13.7. The summed E-state index contributed by atoms with van der Waals surface area (Å²) in [7, 11) is 1.72. The maximum atomic E-state index is 13.1. The van der Waals surface area contributed by atoms with Gasteiger partial charge in [0.05, 0.1) is 11.9 Å². The minimum absolute atomic E-state index is 0.263. The van der Waals surface area contributed by atoms with Gasteiger partial charge >= 0.3 is 0 Å². The van der Waals surface area contributed by atoms with Crippen molar-refractivity contribution in [2.45, 2.75) is 0 Å². The van der Waals surface area contributed by atoms with E-state index >= 15 is 0 Å². The van der Waals surface area contributed by atoms with Crippen molar-refractivity contribution in [2.75, 3.05) is 7.05 Å². The van der Waals surface area contributed by atoms with Crippen LogP contribution in [-0.2, 0) is 0 Å². The highest BCUT2D eigenvalue weighted by molar-refractivity contribution is 7.07. The van der Waals surface area contributed by atoms with Crippen molar-refractivity contribution in [3.63, 3.8) is 0 Å². The summed E-state index contributed by atoms with van der Waals surface area (Å²) in [6.45, 7) is 0. The molecule has 3 aromatic rings. The Labute approximate surface area is 142 Å². The van der Waals surface area contributed by atoms with E-state index in [0.717, 1.165) is 21.6 Å². The number of benzene rings is 2. The molecule has 0 fully saturated rings. The first kappa shape index (κ1) is 15.6. The molecule has 0 saturated carbocycles. The quantitative estimate of drug-likeness (QED) is 0.629. The highest BCUT2D eigenvalue weighted by Gasteiger charge is 2.07. The van der Waals surface area contributed by atoms with Crippen molar-refractivity contribution in [3.05, 3.63) is 75.1 Å². The first-order valence-electron chi connectivity index (χ1n) is 6.86. The van der Waals surface area contributed by atoms with E-state index in [2.05, 4.69) is 10.1 Å². The molecule has 2 aromatic carbocycles. The van der Waals surface area contributed by atoms with Gasteiger partial charge in [-0.25, -0.2) is 9.07 Å². The molecule has 1 heterocycles. The summed E-state index contributed by atoms with van der Waals surface area (Å²) < 4.78 is 14.9. The lowest BCUT2D eigenvalue weighted by Gasteiger charge is -2.03. The number of halogens is 2. The molecule has 0 atom stereocenters. The van der Waals surface area contributed by atoms with E-state index in [9.17, 15) is 4.39 Å². The zero-order valence-electron chi connectivity index (χ0n) is 12.3. The Morgan fingerprint density at radius 3 is 2.43 bits per heavy atom. The summed E-state index contributed by atoms with van der Waals surface area (Å²) in [5, 5.41) is 7.14. The summed E-state index contributed by atoms with van der Waals surface area (Å²) in [6.07, 6.45) is 1.74. The first-order chi connectivity index (χ1) is 11.2. The van der Waals surface area contributed by atoms with Gasteiger partial charge in [-0.3, -0.25) is 4.99 Å². The smallest absolute Gasteiger partial charge is 0.205 e. The standard InChI is InChI=1S/C17H13ClFN3S/c1-20-17-22(21-10-12-2-6-14(18)7-3-12)16(11-23-17)13-4-8-15(19)9-5-13/h2-11H,1H3/b20-17?,21-10-. The maximum Gasteiger partial charge on any atom is 0.205 e. The van der Waals surface area contributed by atoms with Gasteiger partial charge in [-0.05, 0) is 42.0 Å². The lowest BCUT2D eigenvalue weighted by atomic mass is 10.2. The summed E-state index contributed by atoms with van der Waals surface area (Å²) >= 11 is 7.36. The van der Waals surface area contributed by atoms with E-state index < -0.39 is 0 Å². The van der Waals surface area contributed by atoms with Crippen molar-refractivity contribution in [1.82, 2.24) is 4.68 Å². The predicted octanol–water partition coefficient (Wildman–Crippen LogP) is 4.42. The Kier molecular flexibility index (Phi) is 4.69. The van der Waals surface area contributed by atoms with Gasteiger partial charge in [0.2, 0.25) is 4.80 Å². The highest BCUT2D eigenvalue weighted by atomic mass is 35.5. The Hall–Kier alpha value is -2.24. The topological polar surface area (TPSA) is 29.6 Å². The van der Waals surface area contributed by atoms with Crippen molar-refractivity contribution in [1.29, 1.82) is 0 Å². The van der Waals surface area contributed by atoms with Crippen molar-refractivity contribution in [2.24, 2.45) is 10.1 Å². The summed E-state index contributed by atoms with van der Waals surface area (Å²) in [5.41, 5.74) is 2.67. The van der Waals surface area contributed by atoms with Crippen LogP contribution in [0, 0.1) is 5.82 Å². The molecule has 1 aromatic heterocycles. The van der Waals surface area contributed by atoms with Gasteiger partial charge in [-0.1, -0.05) is 23.7 Å². The first-order valence-corrected chi connectivity index (χ1v) is 8.12. The zero-order chi connectivity index (χ0) is 16.2. The van der Waals surface area contributed by atoms with E-state index in [1.165, 1.54) is 23.5 Å².